The Labute approximate surface area is 156 Å². The van der Waals surface area contributed by atoms with Crippen molar-refractivity contribution in [3.63, 3.8) is 0 Å². The SMILES string of the molecule is Cc1cnn(-c2ccc(NC(=O)C3(n4cccn4)CCNCC3)cc2F)c1. The van der Waals surface area contributed by atoms with Gasteiger partial charge in [0.25, 0.3) is 5.91 Å². The van der Waals surface area contributed by atoms with E-state index in [9.17, 15) is 9.18 Å². The van der Waals surface area contributed by atoms with Crippen LogP contribution in [-0.2, 0) is 10.3 Å². The number of rotatable bonds is 4. The Morgan fingerprint density at radius 1 is 1.30 bits per heavy atom. The molecule has 1 aromatic carbocycles. The second-order valence-electron chi connectivity index (χ2n) is 6.81. The summed E-state index contributed by atoms with van der Waals surface area (Å²) in [5.41, 5.74) is 0.919. The zero-order valence-electron chi connectivity index (χ0n) is 15.0. The molecular weight excluding hydrogens is 347 g/mol. The van der Waals surface area contributed by atoms with E-state index in [2.05, 4.69) is 20.8 Å². The van der Waals surface area contributed by atoms with Gasteiger partial charge in [0.05, 0.1) is 6.20 Å². The lowest BCUT2D eigenvalue weighted by molar-refractivity contribution is -0.126. The smallest absolute Gasteiger partial charge is 0.252 e. The van der Waals surface area contributed by atoms with Gasteiger partial charge in [0.1, 0.15) is 11.2 Å². The average molecular weight is 368 g/mol. The van der Waals surface area contributed by atoms with E-state index in [0.29, 0.717) is 24.2 Å². The molecule has 0 bridgehead atoms. The van der Waals surface area contributed by atoms with Crippen LogP contribution in [0.4, 0.5) is 10.1 Å². The molecule has 3 heterocycles. The maximum atomic E-state index is 14.6. The van der Waals surface area contributed by atoms with Gasteiger partial charge in [0, 0.05) is 24.3 Å². The summed E-state index contributed by atoms with van der Waals surface area (Å²) in [5.74, 6) is -0.635. The largest absolute Gasteiger partial charge is 0.324 e. The van der Waals surface area contributed by atoms with Crippen molar-refractivity contribution >= 4 is 11.6 Å². The average Bonchev–Trinajstić information content (AvgIpc) is 3.34. The van der Waals surface area contributed by atoms with Crippen molar-refractivity contribution in [1.82, 2.24) is 24.9 Å². The molecule has 7 nitrogen and oxygen atoms in total. The number of carbonyl (C=O) groups excluding carboxylic acids is 1. The van der Waals surface area contributed by atoms with Crippen LogP contribution in [0.2, 0.25) is 0 Å². The first-order valence-corrected chi connectivity index (χ1v) is 8.92. The molecule has 27 heavy (non-hydrogen) atoms. The van der Waals surface area contributed by atoms with E-state index < -0.39 is 11.4 Å². The Hall–Kier alpha value is -3.00. The fourth-order valence-corrected chi connectivity index (χ4v) is 3.49. The van der Waals surface area contributed by atoms with E-state index in [0.717, 1.165) is 18.7 Å². The number of amides is 1. The molecule has 1 aliphatic heterocycles. The fourth-order valence-electron chi connectivity index (χ4n) is 3.49. The quantitative estimate of drug-likeness (QED) is 0.740. The van der Waals surface area contributed by atoms with E-state index in [1.54, 1.807) is 47.7 Å². The molecule has 0 saturated carbocycles. The zero-order valence-corrected chi connectivity index (χ0v) is 15.0. The lowest BCUT2D eigenvalue weighted by atomic mass is 9.87. The van der Waals surface area contributed by atoms with Crippen LogP contribution >= 0.6 is 0 Å². The Morgan fingerprint density at radius 2 is 2.11 bits per heavy atom. The van der Waals surface area contributed by atoms with Crippen molar-refractivity contribution in [1.29, 1.82) is 0 Å². The second kappa shape index (κ2) is 6.96. The van der Waals surface area contributed by atoms with Crippen molar-refractivity contribution in [2.24, 2.45) is 0 Å². The Bertz CT molecular complexity index is 943. The molecule has 2 N–H and O–H groups in total. The summed E-state index contributed by atoms with van der Waals surface area (Å²) in [6, 6.07) is 6.42. The summed E-state index contributed by atoms with van der Waals surface area (Å²) in [6.45, 7) is 3.34. The molecule has 4 rings (SSSR count). The zero-order chi connectivity index (χ0) is 18.9. The van der Waals surface area contributed by atoms with Crippen molar-refractivity contribution in [2.75, 3.05) is 18.4 Å². The van der Waals surface area contributed by atoms with Gasteiger partial charge in [-0.1, -0.05) is 0 Å². The summed E-state index contributed by atoms with van der Waals surface area (Å²) in [4.78, 5) is 13.1. The Morgan fingerprint density at radius 3 is 2.74 bits per heavy atom. The normalized spacial score (nSPS) is 16.2. The fraction of sp³-hybridized carbons (Fsp3) is 0.316. The minimum absolute atomic E-state index is 0.185. The molecule has 2 aromatic heterocycles. The van der Waals surface area contributed by atoms with E-state index in [1.165, 1.54) is 10.7 Å². The van der Waals surface area contributed by atoms with Crippen LogP contribution in [0, 0.1) is 12.7 Å². The molecule has 0 radical (unpaired) electrons. The van der Waals surface area contributed by atoms with Crippen molar-refractivity contribution < 1.29 is 9.18 Å². The maximum Gasteiger partial charge on any atom is 0.252 e. The summed E-state index contributed by atoms with van der Waals surface area (Å²) >= 11 is 0. The van der Waals surface area contributed by atoms with Gasteiger partial charge in [-0.15, -0.1) is 0 Å². The van der Waals surface area contributed by atoms with Gasteiger partial charge in [-0.2, -0.15) is 10.2 Å². The molecule has 1 fully saturated rings. The van der Waals surface area contributed by atoms with Gasteiger partial charge in [-0.05, 0) is 62.7 Å². The van der Waals surface area contributed by atoms with Crippen LogP contribution < -0.4 is 10.6 Å². The number of carbonyl (C=O) groups is 1. The summed E-state index contributed by atoms with van der Waals surface area (Å²) in [5, 5.41) is 14.6. The van der Waals surface area contributed by atoms with Crippen molar-refractivity contribution in [2.45, 2.75) is 25.3 Å². The first kappa shape index (κ1) is 17.4. The van der Waals surface area contributed by atoms with Crippen LogP contribution in [0.25, 0.3) is 5.69 Å². The predicted molar refractivity (Wildman–Crippen MR) is 99.2 cm³/mol. The van der Waals surface area contributed by atoms with E-state index in [4.69, 9.17) is 0 Å². The molecular formula is C19H21FN6O. The van der Waals surface area contributed by atoms with Gasteiger partial charge < -0.3 is 10.6 Å². The number of anilines is 1. The summed E-state index contributed by atoms with van der Waals surface area (Å²) < 4.78 is 17.8. The summed E-state index contributed by atoms with van der Waals surface area (Å²) in [6.07, 6.45) is 8.12. The topological polar surface area (TPSA) is 76.8 Å². The number of hydrogen-bond donors (Lipinski definition) is 2. The summed E-state index contributed by atoms with van der Waals surface area (Å²) in [7, 11) is 0. The number of aryl methyl sites for hydroxylation is 1. The predicted octanol–water partition coefficient (Wildman–Crippen LogP) is 2.23. The second-order valence-corrected chi connectivity index (χ2v) is 6.81. The molecule has 8 heteroatoms. The maximum absolute atomic E-state index is 14.6. The molecule has 140 valence electrons. The van der Waals surface area contributed by atoms with E-state index in [1.807, 2.05) is 6.92 Å². The van der Waals surface area contributed by atoms with Gasteiger partial charge in [-0.25, -0.2) is 9.07 Å². The molecule has 0 spiro atoms. The Balaban J connectivity index is 1.59. The van der Waals surface area contributed by atoms with E-state index >= 15 is 0 Å². The molecule has 1 aliphatic rings. The highest BCUT2D eigenvalue weighted by atomic mass is 19.1. The number of nitrogens with zero attached hydrogens (tertiary/aromatic N) is 4. The van der Waals surface area contributed by atoms with Crippen LogP contribution in [0.3, 0.4) is 0 Å². The lowest BCUT2D eigenvalue weighted by Crippen LogP contribution is -2.52. The third kappa shape index (κ3) is 3.23. The molecule has 0 unspecified atom stereocenters. The van der Waals surface area contributed by atoms with Gasteiger partial charge in [0.15, 0.2) is 5.82 Å². The Kier molecular flexibility index (Phi) is 4.49. The van der Waals surface area contributed by atoms with Crippen LogP contribution in [0.1, 0.15) is 18.4 Å². The van der Waals surface area contributed by atoms with Crippen molar-refractivity contribution in [3.05, 3.63) is 60.4 Å². The van der Waals surface area contributed by atoms with Crippen LogP contribution in [-0.4, -0.2) is 38.6 Å². The van der Waals surface area contributed by atoms with E-state index in [-0.39, 0.29) is 5.91 Å². The number of halogens is 1. The van der Waals surface area contributed by atoms with Crippen LogP contribution in [0.15, 0.2) is 49.1 Å². The molecule has 1 saturated heterocycles. The highest BCUT2D eigenvalue weighted by Crippen LogP contribution is 2.29. The number of piperidine rings is 1. The number of aromatic nitrogens is 4. The number of nitrogens with one attached hydrogen (secondary N) is 2. The first-order chi connectivity index (χ1) is 13.1. The van der Waals surface area contributed by atoms with Gasteiger partial charge >= 0.3 is 0 Å². The molecule has 0 aliphatic carbocycles. The lowest BCUT2D eigenvalue weighted by Gasteiger charge is -2.36. The standard InChI is InChI=1S/C19H21FN6O/c1-14-12-23-25(13-14)17-4-3-15(11-16(17)20)24-18(27)19(5-8-21-9-6-19)26-10-2-7-22-26/h2-4,7,10-13,21H,5-6,8-9H2,1H3,(H,24,27). The first-order valence-electron chi connectivity index (χ1n) is 8.92. The molecule has 0 atom stereocenters. The minimum Gasteiger partial charge on any atom is -0.324 e. The molecule has 3 aromatic rings. The minimum atomic E-state index is -0.775. The van der Waals surface area contributed by atoms with Gasteiger partial charge in [0.2, 0.25) is 0 Å². The van der Waals surface area contributed by atoms with Crippen molar-refractivity contribution in [3.8, 4) is 5.69 Å². The molecule has 1 amide bonds. The highest BCUT2D eigenvalue weighted by molar-refractivity contribution is 5.96. The third-order valence-electron chi connectivity index (χ3n) is 4.96. The number of benzene rings is 1. The van der Waals surface area contributed by atoms with Crippen LogP contribution in [0.5, 0.6) is 0 Å². The monoisotopic (exact) mass is 368 g/mol. The van der Waals surface area contributed by atoms with Gasteiger partial charge in [-0.3, -0.25) is 9.48 Å². The highest BCUT2D eigenvalue weighted by Gasteiger charge is 2.42. The number of hydrogen-bond acceptors (Lipinski definition) is 4. The third-order valence-corrected chi connectivity index (χ3v) is 4.96.